The molecule has 0 saturated carbocycles. The van der Waals surface area contributed by atoms with Crippen LogP contribution in [0.15, 0.2) is 35.4 Å². The molecule has 1 saturated heterocycles. The minimum Gasteiger partial charge on any atom is -0.370 e. The second kappa shape index (κ2) is 5.98. The predicted octanol–water partition coefficient (Wildman–Crippen LogP) is 0.580. The first-order chi connectivity index (χ1) is 13.1. The Morgan fingerprint density at radius 1 is 1.30 bits per heavy atom. The number of hydrogen-bond acceptors (Lipinski definition) is 6. The van der Waals surface area contributed by atoms with Gasteiger partial charge in [0, 0.05) is 25.0 Å². The number of amides is 1. The maximum atomic E-state index is 13.1. The normalized spacial score (nSPS) is 21.7. The van der Waals surface area contributed by atoms with E-state index in [-0.39, 0.29) is 29.2 Å². The molecule has 5 rings (SSSR count). The third-order valence-corrected chi connectivity index (χ3v) is 5.37. The van der Waals surface area contributed by atoms with Gasteiger partial charge in [-0.2, -0.15) is 0 Å². The molecule has 138 valence electrons. The van der Waals surface area contributed by atoms with E-state index in [2.05, 4.69) is 15.3 Å². The Hall–Kier alpha value is -3.07. The van der Waals surface area contributed by atoms with Crippen molar-refractivity contribution in [2.45, 2.75) is 32.1 Å². The smallest absolute Gasteiger partial charge is 0.270 e. The van der Waals surface area contributed by atoms with Gasteiger partial charge in [0.25, 0.3) is 11.5 Å². The van der Waals surface area contributed by atoms with Crippen LogP contribution in [0, 0.1) is 6.92 Å². The van der Waals surface area contributed by atoms with Crippen molar-refractivity contribution in [3.8, 4) is 0 Å². The summed E-state index contributed by atoms with van der Waals surface area (Å²) in [5.41, 5.74) is 1.91. The third kappa shape index (κ3) is 2.46. The molecule has 2 aliphatic rings. The molecule has 0 aromatic carbocycles. The molecular formula is C18H18N6O3. The quantitative estimate of drug-likeness (QED) is 0.625. The van der Waals surface area contributed by atoms with Gasteiger partial charge in [-0.05, 0) is 25.5 Å². The van der Waals surface area contributed by atoms with E-state index in [0.717, 1.165) is 11.4 Å². The Balaban J connectivity index is 1.49. The zero-order chi connectivity index (χ0) is 18.5. The minimum atomic E-state index is -0.341. The summed E-state index contributed by atoms with van der Waals surface area (Å²) in [7, 11) is 0. The number of fused-ring (bicyclic) bond motifs is 4. The second-order valence-electron chi connectivity index (χ2n) is 6.96. The molecule has 9 heteroatoms. The molecule has 5 heterocycles. The Morgan fingerprint density at radius 3 is 3.07 bits per heavy atom. The summed E-state index contributed by atoms with van der Waals surface area (Å²) in [5, 5.41) is 8.10. The molecule has 27 heavy (non-hydrogen) atoms. The number of hydrogen-bond donors (Lipinski definition) is 0. The zero-order valence-electron chi connectivity index (χ0n) is 14.8. The lowest BCUT2D eigenvalue weighted by molar-refractivity contribution is -0.0605. The van der Waals surface area contributed by atoms with Crippen LogP contribution < -0.4 is 5.56 Å². The molecule has 1 fully saturated rings. The highest BCUT2D eigenvalue weighted by Crippen LogP contribution is 2.30. The maximum Gasteiger partial charge on any atom is 0.270 e. The predicted molar refractivity (Wildman–Crippen MR) is 94.4 cm³/mol. The first-order valence-corrected chi connectivity index (χ1v) is 8.91. The summed E-state index contributed by atoms with van der Waals surface area (Å²) in [4.78, 5) is 32.0. The molecule has 2 atom stereocenters. The van der Waals surface area contributed by atoms with Crippen LogP contribution in [-0.2, 0) is 11.3 Å². The van der Waals surface area contributed by atoms with Crippen molar-refractivity contribution in [1.29, 1.82) is 0 Å². The van der Waals surface area contributed by atoms with Gasteiger partial charge in [-0.1, -0.05) is 11.3 Å². The SMILES string of the molecule is Cc1cccc2ncc(C(=O)N3CCC4OCc5cnnn5C4C3)c(=O)n12. The van der Waals surface area contributed by atoms with Gasteiger partial charge < -0.3 is 9.64 Å². The summed E-state index contributed by atoms with van der Waals surface area (Å²) >= 11 is 0. The first kappa shape index (κ1) is 16.1. The number of nitrogens with zero attached hydrogens (tertiary/aromatic N) is 6. The lowest BCUT2D eigenvalue weighted by Crippen LogP contribution is -2.50. The van der Waals surface area contributed by atoms with Crippen LogP contribution in [-0.4, -0.2) is 54.4 Å². The number of piperidine rings is 1. The van der Waals surface area contributed by atoms with Crippen molar-refractivity contribution >= 4 is 11.6 Å². The van der Waals surface area contributed by atoms with Crippen molar-refractivity contribution in [3.63, 3.8) is 0 Å². The number of rotatable bonds is 1. The largest absolute Gasteiger partial charge is 0.370 e. The fourth-order valence-electron chi connectivity index (χ4n) is 3.96. The molecular weight excluding hydrogens is 348 g/mol. The van der Waals surface area contributed by atoms with E-state index in [9.17, 15) is 9.59 Å². The number of aryl methyl sites for hydroxylation is 1. The molecule has 0 spiro atoms. The monoisotopic (exact) mass is 366 g/mol. The van der Waals surface area contributed by atoms with Gasteiger partial charge in [-0.15, -0.1) is 5.10 Å². The van der Waals surface area contributed by atoms with Gasteiger partial charge in [0.1, 0.15) is 11.2 Å². The summed E-state index contributed by atoms with van der Waals surface area (Å²) in [6.07, 6.45) is 3.75. The minimum absolute atomic E-state index is 0.00122. The van der Waals surface area contributed by atoms with Gasteiger partial charge in [0.05, 0.1) is 30.6 Å². The van der Waals surface area contributed by atoms with Gasteiger partial charge in [0.15, 0.2) is 0 Å². The van der Waals surface area contributed by atoms with E-state index in [1.807, 2.05) is 23.7 Å². The molecule has 2 aliphatic heterocycles. The van der Waals surface area contributed by atoms with Crippen molar-refractivity contribution in [2.75, 3.05) is 13.1 Å². The lowest BCUT2D eigenvalue weighted by atomic mass is 10.00. The molecule has 0 aliphatic carbocycles. The number of carbonyl (C=O) groups excluding carboxylic acids is 1. The Morgan fingerprint density at radius 2 is 2.19 bits per heavy atom. The standard InChI is InChI=1S/C18H18N6O3/c1-11-3-2-4-16-19-8-13(18(26)23(11)16)17(25)22-6-5-15-14(9-22)24-12(10-27-15)7-20-21-24/h2-4,7-8,14-15H,5-6,9-10H2,1H3. The Kier molecular flexibility index (Phi) is 3.57. The van der Waals surface area contributed by atoms with Gasteiger partial charge >= 0.3 is 0 Å². The highest BCUT2D eigenvalue weighted by molar-refractivity contribution is 5.93. The average molecular weight is 366 g/mol. The van der Waals surface area contributed by atoms with Crippen LogP contribution in [0.1, 0.15) is 34.2 Å². The number of carbonyl (C=O) groups is 1. The topological polar surface area (TPSA) is 94.6 Å². The van der Waals surface area contributed by atoms with Crippen LogP contribution in [0.5, 0.6) is 0 Å². The number of likely N-dealkylation sites (tertiary alicyclic amines) is 1. The fourth-order valence-corrected chi connectivity index (χ4v) is 3.96. The molecule has 3 aromatic heterocycles. The molecule has 0 N–H and O–H groups in total. The summed E-state index contributed by atoms with van der Waals surface area (Å²) in [5.74, 6) is -0.309. The molecule has 3 aromatic rings. The van der Waals surface area contributed by atoms with Gasteiger partial charge in [-0.25, -0.2) is 9.67 Å². The van der Waals surface area contributed by atoms with Crippen molar-refractivity contribution < 1.29 is 9.53 Å². The van der Waals surface area contributed by atoms with Crippen molar-refractivity contribution in [1.82, 2.24) is 29.3 Å². The summed E-state index contributed by atoms with van der Waals surface area (Å²) in [6.45, 7) is 3.26. The molecule has 9 nitrogen and oxygen atoms in total. The van der Waals surface area contributed by atoms with Crippen LogP contribution in [0.25, 0.3) is 5.65 Å². The summed E-state index contributed by atoms with van der Waals surface area (Å²) < 4.78 is 9.19. The molecule has 2 unspecified atom stereocenters. The number of ether oxygens (including phenoxy) is 1. The summed E-state index contributed by atoms with van der Waals surface area (Å²) in [6, 6.07) is 5.32. The average Bonchev–Trinajstić information content (AvgIpc) is 3.17. The maximum absolute atomic E-state index is 13.1. The van der Waals surface area contributed by atoms with E-state index in [1.54, 1.807) is 17.2 Å². The lowest BCUT2D eigenvalue weighted by Gasteiger charge is -2.40. The van der Waals surface area contributed by atoms with Crippen molar-refractivity contribution in [2.24, 2.45) is 0 Å². The molecule has 1 amide bonds. The van der Waals surface area contributed by atoms with E-state index in [0.29, 0.717) is 31.8 Å². The highest BCUT2D eigenvalue weighted by Gasteiger charge is 2.38. The van der Waals surface area contributed by atoms with Crippen LogP contribution in [0.4, 0.5) is 0 Å². The van der Waals surface area contributed by atoms with E-state index < -0.39 is 0 Å². The first-order valence-electron chi connectivity index (χ1n) is 8.91. The molecule has 0 bridgehead atoms. The second-order valence-corrected chi connectivity index (χ2v) is 6.96. The number of pyridine rings is 1. The zero-order valence-corrected chi connectivity index (χ0v) is 14.8. The highest BCUT2D eigenvalue weighted by atomic mass is 16.5. The fraction of sp³-hybridized carbons (Fsp3) is 0.389. The van der Waals surface area contributed by atoms with E-state index in [4.69, 9.17) is 4.74 Å². The van der Waals surface area contributed by atoms with Crippen LogP contribution in [0.3, 0.4) is 0 Å². The molecule has 0 radical (unpaired) electrons. The van der Waals surface area contributed by atoms with Crippen LogP contribution >= 0.6 is 0 Å². The Labute approximate surface area is 154 Å². The van der Waals surface area contributed by atoms with E-state index in [1.165, 1.54) is 10.6 Å². The van der Waals surface area contributed by atoms with E-state index >= 15 is 0 Å². The van der Waals surface area contributed by atoms with Crippen LogP contribution in [0.2, 0.25) is 0 Å². The Bertz CT molecular complexity index is 1100. The van der Waals surface area contributed by atoms with Crippen molar-refractivity contribution in [3.05, 3.63) is 57.9 Å². The third-order valence-electron chi connectivity index (χ3n) is 5.37. The van der Waals surface area contributed by atoms with Gasteiger partial charge in [-0.3, -0.25) is 14.0 Å². The van der Waals surface area contributed by atoms with Gasteiger partial charge in [0.2, 0.25) is 0 Å². The number of aromatic nitrogens is 5.